The standard InChI is InChI=1S/C25H45N2OP/c1-23(2)27(24(3)4)29(22-16-20-26)28-21-15-11-9-7-5-6-8-10-12-17-25-18-13-14-19-25/h13-14,18,23-24H,5-12,15-17,19,21-22H2,1-4H3. The zero-order valence-corrected chi connectivity index (χ0v) is 20.4. The number of nitrogens with zero attached hydrogens (tertiary/aromatic N) is 2. The van der Waals surface area contributed by atoms with Crippen LogP contribution in [0.25, 0.3) is 0 Å². The van der Waals surface area contributed by atoms with Gasteiger partial charge in [0.25, 0.3) is 0 Å². The zero-order valence-electron chi connectivity index (χ0n) is 19.5. The molecule has 1 aliphatic rings. The summed E-state index contributed by atoms with van der Waals surface area (Å²) in [6.07, 6.45) is 22.7. The van der Waals surface area contributed by atoms with Gasteiger partial charge in [-0.2, -0.15) is 5.26 Å². The van der Waals surface area contributed by atoms with Crippen molar-refractivity contribution in [3.63, 3.8) is 0 Å². The van der Waals surface area contributed by atoms with Crippen molar-refractivity contribution in [1.82, 2.24) is 4.67 Å². The van der Waals surface area contributed by atoms with Crippen LogP contribution in [-0.2, 0) is 4.52 Å². The molecule has 0 saturated carbocycles. The number of allylic oxidation sites excluding steroid dienone is 4. The number of hydrogen-bond acceptors (Lipinski definition) is 3. The van der Waals surface area contributed by atoms with Crippen LogP contribution in [0.4, 0.5) is 0 Å². The average molecular weight is 421 g/mol. The highest BCUT2D eigenvalue weighted by atomic mass is 31.2. The van der Waals surface area contributed by atoms with E-state index in [1.54, 1.807) is 5.57 Å². The van der Waals surface area contributed by atoms with Gasteiger partial charge in [-0.25, -0.2) is 0 Å². The summed E-state index contributed by atoms with van der Waals surface area (Å²) in [6, 6.07) is 3.22. The van der Waals surface area contributed by atoms with Crippen molar-refractivity contribution >= 4 is 8.30 Å². The average Bonchev–Trinajstić information content (AvgIpc) is 3.19. The Bertz CT molecular complexity index is 499. The predicted octanol–water partition coefficient (Wildman–Crippen LogP) is 8.13. The Labute approximate surface area is 182 Å². The molecule has 0 bridgehead atoms. The van der Waals surface area contributed by atoms with Crippen LogP contribution in [0.2, 0.25) is 0 Å². The molecule has 0 aliphatic heterocycles. The van der Waals surface area contributed by atoms with E-state index in [1.165, 1.54) is 64.2 Å². The quantitative estimate of drug-likeness (QED) is 0.166. The fourth-order valence-corrected chi connectivity index (χ4v) is 6.20. The lowest BCUT2D eigenvalue weighted by Gasteiger charge is -2.37. The summed E-state index contributed by atoms with van der Waals surface area (Å²) >= 11 is 0. The molecule has 0 heterocycles. The number of hydrogen-bond donors (Lipinski definition) is 0. The van der Waals surface area contributed by atoms with E-state index in [0.29, 0.717) is 18.5 Å². The fourth-order valence-electron chi connectivity index (χ4n) is 4.04. The normalized spacial score (nSPS) is 14.8. The fraction of sp³-hybridized carbons (Fsp3) is 0.800. The zero-order chi connectivity index (χ0) is 21.3. The summed E-state index contributed by atoms with van der Waals surface area (Å²) in [4.78, 5) is 0. The largest absolute Gasteiger partial charge is 0.343 e. The number of nitriles is 1. The molecule has 0 radical (unpaired) electrons. The summed E-state index contributed by atoms with van der Waals surface area (Å²) < 4.78 is 8.74. The maximum Gasteiger partial charge on any atom is 0.105 e. The van der Waals surface area contributed by atoms with Gasteiger partial charge < -0.3 is 4.52 Å². The molecule has 1 rings (SSSR count). The first kappa shape index (κ1) is 26.4. The molecule has 1 unspecified atom stereocenters. The summed E-state index contributed by atoms with van der Waals surface area (Å²) in [6.45, 7) is 9.77. The molecule has 0 aromatic rings. The van der Waals surface area contributed by atoms with E-state index in [2.05, 4.69) is 56.7 Å². The Hall–Kier alpha value is -0.680. The summed E-state index contributed by atoms with van der Waals surface area (Å²) in [5.41, 5.74) is 1.62. The van der Waals surface area contributed by atoms with Crippen molar-refractivity contribution in [1.29, 1.82) is 5.26 Å². The SMILES string of the molecule is CC(C)N(C(C)C)P(CCC#N)OCCCCCCCCCCCC1=CC=CC1. The number of unbranched alkanes of at least 4 members (excludes halogenated alkanes) is 8. The minimum atomic E-state index is -0.646. The number of rotatable bonds is 18. The van der Waals surface area contributed by atoms with Gasteiger partial charge in [0, 0.05) is 24.7 Å². The van der Waals surface area contributed by atoms with Crippen molar-refractivity contribution in [2.24, 2.45) is 0 Å². The molecule has 0 saturated heterocycles. The van der Waals surface area contributed by atoms with Crippen LogP contribution in [0.3, 0.4) is 0 Å². The first-order chi connectivity index (χ1) is 14.1. The van der Waals surface area contributed by atoms with Gasteiger partial charge in [-0.05, 0) is 53.4 Å². The topological polar surface area (TPSA) is 36.3 Å². The van der Waals surface area contributed by atoms with Crippen LogP contribution < -0.4 is 0 Å². The van der Waals surface area contributed by atoms with E-state index in [-0.39, 0.29) is 0 Å². The lowest BCUT2D eigenvalue weighted by Crippen LogP contribution is -2.33. The molecule has 0 aromatic carbocycles. The smallest absolute Gasteiger partial charge is 0.105 e. The highest BCUT2D eigenvalue weighted by Crippen LogP contribution is 2.45. The Morgan fingerprint density at radius 3 is 2.07 bits per heavy atom. The van der Waals surface area contributed by atoms with E-state index in [4.69, 9.17) is 9.79 Å². The van der Waals surface area contributed by atoms with E-state index < -0.39 is 8.30 Å². The van der Waals surface area contributed by atoms with Crippen molar-refractivity contribution in [2.75, 3.05) is 12.8 Å². The second-order valence-electron chi connectivity index (χ2n) is 8.77. The van der Waals surface area contributed by atoms with Gasteiger partial charge in [-0.1, -0.05) is 68.7 Å². The van der Waals surface area contributed by atoms with Crippen molar-refractivity contribution in [2.45, 2.75) is 117 Å². The molecule has 0 N–H and O–H groups in total. The second-order valence-corrected chi connectivity index (χ2v) is 10.6. The lowest BCUT2D eigenvalue weighted by atomic mass is 10.0. The van der Waals surface area contributed by atoms with Gasteiger partial charge in [-0.15, -0.1) is 0 Å². The van der Waals surface area contributed by atoms with Crippen molar-refractivity contribution in [3.8, 4) is 6.07 Å². The molecule has 1 atom stereocenters. The van der Waals surface area contributed by atoms with Crippen LogP contribution in [0, 0.1) is 11.3 Å². The van der Waals surface area contributed by atoms with Crippen LogP contribution >= 0.6 is 8.30 Å². The third-order valence-corrected chi connectivity index (χ3v) is 7.99. The maximum absolute atomic E-state index is 8.97. The van der Waals surface area contributed by atoms with E-state index in [0.717, 1.165) is 19.2 Å². The Kier molecular flexibility index (Phi) is 15.5. The van der Waals surface area contributed by atoms with Gasteiger partial charge in [0.1, 0.15) is 8.30 Å². The lowest BCUT2D eigenvalue weighted by molar-refractivity contribution is 0.249. The van der Waals surface area contributed by atoms with Gasteiger partial charge in [0.05, 0.1) is 12.7 Å². The summed E-state index contributed by atoms with van der Waals surface area (Å²) in [7, 11) is -0.646. The van der Waals surface area contributed by atoms with Gasteiger partial charge >= 0.3 is 0 Å². The first-order valence-electron chi connectivity index (χ1n) is 12.0. The molecule has 166 valence electrons. The Morgan fingerprint density at radius 1 is 0.966 bits per heavy atom. The Balaban J connectivity index is 2.01. The summed E-state index contributed by atoms with van der Waals surface area (Å²) in [5, 5.41) is 8.97. The van der Waals surface area contributed by atoms with Crippen LogP contribution in [0.1, 0.15) is 105 Å². The van der Waals surface area contributed by atoms with Crippen LogP contribution in [0.15, 0.2) is 23.8 Å². The monoisotopic (exact) mass is 420 g/mol. The molecule has 3 nitrogen and oxygen atoms in total. The molecule has 1 aliphatic carbocycles. The minimum Gasteiger partial charge on any atom is -0.343 e. The van der Waals surface area contributed by atoms with E-state index >= 15 is 0 Å². The van der Waals surface area contributed by atoms with Gasteiger partial charge in [0.15, 0.2) is 0 Å². The maximum atomic E-state index is 8.97. The molecule has 0 amide bonds. The van der Waals surface area contributed by atoms with E-state index in [1.807, 2.05) is 0 Å². The van der Waals surface area contributed by atoms with Gasteiger partial charge in [-0.3, -0.25) is 4.67 Å². The molecular formula is C25H45N2OP. The van der Waals surface area contributed by atoms with Crippen LogP contribution in [-0.4, -0.2) is 29.5 Å². The van der Waals surface area contributed by atoms with Gasteiger partial charge in [0.2, 0.25) is 0 Å². The highest BCUT2D eigenvalue weighted by molar-refractivity contribution is 7.50. The first-order valence-corrected chi connectivity index (χ1v) is 13.4. The molecule has 29 heavy (non-hydrogen) atoms. The van der Waals surface area contributed by atoms with Crippen molar-refractivity contribution < 1.29 is 4.52 Å². The van der Waals surface area contributed by atoms with Crippen molar-refractivity contribution in [3.05, 3.63) is 23.8 Å². The molecule has 0 aromatic heterocycles. The second kappa shape index (κ2) is 17.0. The third-order valence-electron chi connectivity index (χ3n) is 5.46. The van der Waals surface area contributed by atoms with E-state index in [9.17, 15) is 0 Å². The molecule has 0 spiro atoms. The summed E-state index contributed by atoms with van der Waals surface area (Å²) in [5.74, 6) is 0. The highest BCUT2D eigenvalue weighted by Gasteiger charge is 2.24. The molecular weight excluding hydrogens is 375 g/mol. The molecule has 0 fully saturated rings. The minimum absolute atomic E-state index is 0.464. The Morgan fingerprint density at radius 2 is 1.55 bits per heavy atom. The molecule has 4 heteroatoms. The third kappa shape index (κ3) is 12.6. The van der Waals surface area contributed by atoms with Crippen LogP contribution in [0.5, 0.6) is 0 Å². The predicted molar refractivity (Wildman–Crippen MR) is 128 cm³/mol.